The first-order valence-corrected chi connectivity index (χ1v) is 8.69. The second-order valence-corrected chi connectivity index (χ2v) is 7.05. The number of nitrogens with zero attached hydrogens (tertiary/aromatic N) is 1. The zero-order chi connectivity index (χ0) is 17.2. The van der Waals surface area contributed by atoms with Gasteiger partial charge in [-0.2, -0.15) is 0 Å². The molecule has 1 unspecified atom stereocenters. The molecule has 1 heterocycles. The van der Waals surface area contributed by atoms with E-state index in [0.717, 1.165) is 3.97 Å². The lowest BCUT2D eigenvalue weighted by atomic mass is 10.1. The van der Waals surface area contributed by atoms with E-state index in [4.69, 9.17) is 0 Å². The highest BCUT2D eigenvalue weighted by Gasteiger charge is 2.23. The lowest BCUT2D eigenvalue weighted by Crippen LogP contribution is -2.17. The molecule has 0 aliphatic carbocycles. The topological polar surface area (TPSA) is 76.4 Å². The molecule has 3 rings (SSSR count). The van der Waals surface area contributed by atoms with E-state index in [9.17, 15) is 18.3 Å². The van der Waals surface area contributed by atoms with Gasteiger partial charge in [-0.15, -0.1) is 0 Å². The molecule has 0 fully saturated rings. The number of hydrogen-bond acceptors (Lipinski definition) is 4. The summed E-state index contributed by atoms with van der Waals surface area (Å²) in [6.07, 6.45) is 0.985. The zero-order valence-electron chi connectivity index (χ0n) is 12.6. The molecule has 0 saturated carbocycles. The maximum atomic E-state index is 12.8. The molecular formula is C18H15NO4S. The lowest BCUT2D eigenvalue weighted by molar-refractivity contribution is 0.112. The summed E-state index contributed by atoms with van der Waals surface area (Å²) in [7, 11) is -3.79. The summed E-state index contributed by atoms with van der Waals surface area (Å²) < 4.78 is 26.6. The van der Waals surface area contributed by atoms with Crippen LogP contribution in [0.3, 0.4) is 0 Å². The Morgan fingerprint density at radius 3 is 2.21 bits per heavy atom. The Bertz CT molecular complexity index is 944. The fourth-order valence-corrected chi connectivity index (χ4v) is 3.84. The highest BCUT2D eigenvalue weighted by Crippen LogP contribution is 2.26. The van der Waals surface area contributed by atoms with Gasteiger partial charge in [0, 0.05) is 11.8 Å². The van der Waals surface area contributed by atoms with E-state index >= 15 is 0 Å². The maximum Gasteiger partial charge on any atom is 0.267 e. The Balaban J connectivity index is 2.02. The van der Waals surface area contributed by atoms with Gasteiger partial charge < -0.3 is 5.11 Å². The van der Waals surface area contributed by atoms with Crippen molar-refractivity contribution < 1.29 is 18.3 Å². The molecule has 0 spiro atoms. The van der Waals surface area contributed by atoms with Crippen molar-refractivity contribution in [2.75, 3.05) is 0 Å². The third-order valence-electron chi connectivity index (χ3n) is 3.71. The number of rotatable bonds is 5. The number of aliphatic hydroxyl groups is 1. The lowest BCUT2D eigenvalue weighted by Gasteiger charge is -2.15. The Morgan fingerprint density at radius 1 is 0.917 bits per heavy atom. The zero-order valence-corrected chi connectivity index (χ0v) is 13.4. The van der Waals surface area contributed by atoms with Gasteiger partial charge in [-0.1, -0.05) is 42.5 Å². The SMILES string of the molecule is O=Cc1ccc(C(O)c2cccn2S(=O)(=O)c2ccccc2)cc1. The predicted octanol–water partition coefficient (Wildman–Crippen LogP) is 2.62. The van der Waals surface area contributed by atoms with Crippen LogP contribution in [0.1, 0.15) is 27.7 Å². The summed E-state index contributed by atoms with van der Waals surface area (Å²) in [5.41, 5.74) is 1.22. The Kier molecular flexibility index (Phi) is 4.33. The summed E-state index contributed by atoms with van der Waals surface area (Å²) in [6.45, 7) is 0. The number of hydrogen-bond donors (Lipinski definition) is 1. The minimum atomic E-state index is -3.79. The second kappa shape index (κ2) is 6.43. The first-order chi connectivity index (χ1) is 11.5. The third-order valence-corrected chi connectivity index (χ3v) is 5.43. The van der Waals surface area contributed by atoms with Gasteiger partial charge in [0.2, 0.25) is 0 Å². The number of aromatic nitrogens is 1. The van der Waals surface area contributed by atoms with Crippen molar-refractivity contribution in [2.24, 2.45) is 0 Å². The van der Waals surface area contributed by atoms with Crippen LogP contribution in [0.25, 0.3) is 0 Å². The molecule has 0 aliphatic rings. The molecule has 0 radical (unpaired) electrons. The van der Waals surface area contributed by atoms with Crippen LogP contribution in [0.5, 0.6) is 0 Å². The number of benzene rings is 2. The fraction of sp³-hybridized carbons (Fsp3) is 0.0556. The van der Waals surface area contributed by atoms with Crippen LogP contribution in [-0.2, 0) is 10.0 Å². The van der Waals surface area contributed by atoms with Crippen molar-refractivity contribution in [3.05, 3.63) is 89.7 Å². The molecule has 1 aromatic heterocycles. The van der Waals surface area contributed by atoms with Crippen LogP contribution in [0.2, 0.25) is 0 Å². The van der Waals surface area contributed by atoms with E-state index in [0.29, 0.717) is 17.4 Å². The van der Waals surface area contributed by atoms with Crippen molar-refractivity contribution >= 4 is 16.3 Å². The molecule has 0 amide bonds. The molecule has 0 bridgehead atoms. The van der Waals surface area contributed by atoms with Gasteiger partial charge in [0.1, 0.15) is 12.4 Å². The van der Waals surface area contributed by atoms with Crippen LogP contribution in [0.15, 0.2) is 77.8 Å². The van der Waals surface area contributed by atoms with Gasteiger partial charge in [0.05, 0.1) is 10.6 Å². The first-order valence-electron chi connectivity index (χ1n) is 7.25. The molecule has 2 aromatic carbocycles. The van der Waals surface area contributed by atoms with Gasteiger partial charge in [0.25, 0.3) is 10.0 Å². The van der Waals surface area contributed by atoms with Gasteiger partial charge in [-0.05, 0) is 29.8 Å². The molecule has 122 valence electrons. The van der Waals surface area contributed by atoms with Crippen molar-refractivity contribution in [1.82, 2.24) is 3.97 Å². The van der Waals surface area contributed by atoms with Crippen LogP contribution in [0, 0.1) is 0 Å². The first kappa shape index (κ1) is 16.2. The van der Waals surface area contributed by atoms with E-state index in [1.807, 2.05) is 0 Å². The largest absolute Gasteiger partial charge is 0.382 e. The Labute approximate surface area is 139 Å². The highest BCUT2D eigenvalue weighted by atomic mass is 32.2. The van der Waals surface area contributed by atoms with Crippen molar-refractivity contribution in [3.8, 4) is 0 Å². The Morgan fingerprint density at radius 2 is 1.58 bits per heavy atom. The van der Waals surface area contributed by atoms with Crippen LogP contribution in [0.4, 0.5) is 0 Å². The Hall–Kier alpha value is -2.70. The second-order valence-electron chi connectivity index (χ2n) is 5.23. The van der Waals surface area contributed by atoms with E-state index in [1.165, 1.54) is 18.3 Å². The molecule has 6 heteroatoms. The van der Waals surface area contributed by atoms with Crippen LogP contribution < -0.4 is 0 Å². The minimum Gasteiger partial charge on any atom is -0.382 e. The summed E-state index contributed by atoms with van der Waals surface area (Å²) in [5, 5.41) is 10.6. The molecule has 3 aromatic rings. The standard InChI is InChI=1S/C18H15NO4S/c20-13-14-8-10-15(11-9-14)18(21)17-7-4-12-19(17)24(22,23)16-5-2-1-3-6-16/h1-13,18,21H. The maximum absolute atomic E-state index is 12.8. The summed E-state index contributed by atoms with van der Waals surface area (Å²) in [4.78, 5) is 10.9. The molecule has 1 atom stereocenters. The van der Waals surface area contributed by atoms with Crippen molar-refractivity contribution in [1.29, 1.82) is 0 Å². The molecule has 0 aliphatic heterocycles. The van der Waals surface area contributed by atoms with Gasteiger partial charge >= 0.3 is 0 Å². The van der Waals surface area contributed by atoms with Crippen LogP contribution >= 0.6 is 0 Å². The predicted molar refractivity (Wildman–Crippen MR) is 89.3 cm³/mol. The molecule has 1 N–H and O–H groups in total. The average Bonchev–Trinajstić information content (AvgIpc) is 3.12. The average molecular weight is 341 g/mol. The van der Waals surface area contributed by atoms with Gasteiger partial charge in [0.15, 0.2) is 0 Å². The molecule has 24 heavy (non-hydrogen) atoms. The fourth-order valence-electron chi connectivity index (χ4n) is 2.44. The summed E-state index contributed by atoms with van der Waals surface area (Å²) >= 11 is 0. The van der Waals surface area contributed by atoms with Crippen molar-refractivity contribution in [2.45, 2.75) is 11.0 Å². The quantitative estimate of drug-likeness (QED) is 0.724. The number of aldehydes is 1. The summed E-state index contributed by atoms with van der Waals surface area (Å²) in [6, 6.07) is 17.5. The smallest absolute Gasteiger partial charge is 0.267 e. The van der Waals surface area contributed by atoms with E-state index in [-0.39, 0.29) is 10.6 Å². The molecule has 5 nitrogen and oxygen atoms in total. The number of aliphatic hydroxyl groups excluding tert-OH is 1. The summed E-state index contributed by atoms with van der Waals surface area (Å²) in [5.74, 6) is 0. The van der Waals surface area contributed by atoms with E-state index in [1.54, 1.807) is 54.6 Å². The van der Waals surface area contributed by atoms with Crippen LogP contribution in [-0.4, -0.2) is 23.8 Å². The molecule has 0 saturated heterocycles. The minimum absolute atomic E-state index is 0.144. The van der Waals surface area contributed by atoms with Crippen molar-refractivity contribution in [3.63, 3.8) is 0 Å². The number of carbonyl (C=O) groups is 1. The molecular weight excluding hydrogens is 326 g/mol. The van der Waals surface area contributed by atoms with Gasteiger partial charge in [-0.3, -0.25) is 4.79 Å². The highest BCUT2D eigenvalue weighted by molar-refractivity contribution is 7.90. The third kappa shape index (κ3) is 2.89. The normalized spacial score (nSPS) is 12.7. The number of carbonyl (C=O) groups excluding carboxylic acids is 1. The monoisotopic (exact) mass is 341 g/mol. The van der Waals surface area contributed by atoms with E-state index < -0.39 is 16.1 Å². The van der Waals surface area contributed by atoms with Gasteiger partial charge in [-0.25, -0.2) is 12.4 Å². The van der Waals surface area contributed by atoms with E-state index in [2.05, 4.69) is 0 Å².